The summed E-state index contributed by atoms with van der Waals surface area (Å²) in [5, 5.41) is 3.96. The van der Waals surface area contributed by atoms with Gasteiger partial charge in [0.25, 0.3) is 0 Å². The lowest BCUT2D eigenvalue weighted by molar-refractivity contribution is 0.467. The van der Waals surface area contributed by atoms with Gasteiger partial charge in [-0.3, -0.25) is 0 Å². The van der Waals surface area contributed by atoms with Crippen molar-refractivity contribution in [3.8, 4) is 0 Å². The molecule has 1 aromatic heterocycles. The summed E-state index contributed by atoms with van der Waals surface area (Å²) in [5.41, 5.74) is 6.95. The highest BCUT2D eigenvalue weighted by Gasteiger charge is 2.23. The molecule has 0 aliphatic heterocycles. The lowest BCUT2D eigenvalue weighted by atomic mass is 10.3. The van der Waals surface area contributed by atoms with Crippen molar-refractivity contribution in [2.45, 2.75) is 11.4 Å². The maximum atomic E-state index is 12.4. The molecule has 1 aromatic carbocycles. The fraction of sp³-hybridized carbons (Fsp3) is 0.167. The fourth-order valence-electron chi connectivity index (χ4n) is 1.62. The molecule has 19 heavy (non-hydrogen) atoms. The van der Waals surface area contributed by atoms with Crippen molar-refractivity contribution < 1.29 is 8.42 Å². The number of sulfonamides is 1. The summed E-state index contributed by atoms with van der Waals surface area (Å²) in [5.74, 6) is 0. The van der Waals surface area contributed by atoms with Crippen LogP contribution in [-0.4, -0.2) is 19.8 Å². The summed E-state index contributed by atoms with van der Waals surface area (Å²) < 4.78 is 26.1. The third-order valence-corrected chi connectivity index (χ3v) is 5.65. The lowest BCUT2D eigenvalue weighted by Gasteiger charge is -2.17. The monoisotopic (exact) mass is 316 g/mol. The second kappa shape index (κ2) is 5.50. The van der Waals surface area contributed by atoms with Gasteiger partial charge in [0.05, 0.1) is 5.02 Å². The smallest absolute Gasteiger partial charge is 0.244 e. The third-order valence-electron chi connectivity index (χ3n) is 2.63. The molecule has 2 aromatic rings. The van der Waals surface area contributed by atoms with E-state index in [-0.39, 0.29) is 9.92 Å². The Morgan fingerprint density at radius 1 is 1.37 bits per heavy atom. The molecule has 0 radical (unpaired) electrons. The maximum Gasteiger partial charge on any atom is 0.244 e. The SMILES string of the molecule is CN(Cc1ccsc1)S(=O)(=O)c1ccc(N)cc1Cl. The Balaban J connectivity index is 2.31. The summed E-state index contributed by atoms with van der Waals surface area (Å²) in [7, 11) is -2.08. The normalized spacial score (nSPS) is 11.9. The first kappa shape index (κ1) is 14.3. The minimum atomic E-state index is -3.61. The zero-order valence-electron chi connectivity index (χ0n) is 10.2. The maximum absolute atomic E-state index is 12.4. The molecular weight excluding hydrogens is 304 g/mol. The average molecular weight is 317 g/mol. The van der Waals surface area contributed by atoms with E-state index in [1.165, 1.54) is 40.9 Å². The molecule has 1 heterocycles. The molecule has 0 unspecified atom stereocenters. The van der Waals surface area contributed by atoms with Crippen molar-refractivity contribution >= 4 is 38.6 Å². The van der Waals surface area contributed by atoms with Crippen LogP contribution >= 0.6 is 22.9 Å². The van der Waals surface area contributed by atoms with Gasteiger partial charge in [-0.05, 0) is 40.6 Å². The molecule has 0 aliphatic carbocycles. The fourth-order valence-corrected chi connectivity index (χ4v) is 3.96. The Morgan fingerprint density at radius 3 is 2.68 bits per heavy atom. The summed E-state index contributed by atoms with van der Waals surface area (Å²) in [6, 6.07) is 6.28. The van der Waals surface area contributed by atoms with Crippen LogP contribution in [0.2, 0.25) is 5.02 Å². The van der Waals surface area contributed by atoms with Gasteiger partial charge >= 0.3 is 0 Å². The molecular formula is C12H13ClN2O2S2. The molecule has 0 spiro atoms. The molecule has 0 saturated carbocycles. The van der Waals surface area contributed by atoms with Crippen molar-refractivity contribution in [3.05, 3.63) is 45.6 Å². The number of nitrogens with zero attached hydrogens (tertiary/aromatic N) is 1. The van der Waals surface area contributed by atoms with Crippen LogP contribution in [0.5, 0.6) is 0 Å². The molecule has 4 nitrogen and oxygen atoms in total. The largest absolute Gasteiger partial charge is 0.399 e. The van der Waals surface area contributed by atoms with Crippen molar-refractivity contribution in [2.75, 3.05) is 12.8 Å². The molecule has 0 bridgehead atoms. The summed E-state index contributed by atoms with van der Waals surface area (Å²) in [6.45, 7) is 0.312. The molecule has 2 N–H and O–H groups in total. The standard InChI is InChI=1S/C12H13ClN2O2S2/c1-15(7-9-4-5-18-8-9)19(16,17)12-3-2-10(14)6-11(12)13/h2-6,8H,7,14H2,1H3. The number of anilines is 1. The highest BCUT2D eigenvalue weighted by molar-refractivity contribution is 7.89. The molecule has 7 heteroatoms. The van der Waals surface area contributed by atoms with Gasteiger partial charge in [0.1, 0.15) is 4.90 Å². The van der Waals surface area contributed by atoms with E-state index in [0.717, 1.165) is 5.56 Å². The molecule has 2 rings (SSSR count). The van der Waals surface area contributed by atoms with Crippen LogP contribution in [0.4, 0.5) is 5.69 Å². The predicted molar refractivity (Wildman–Crippen MR) is 78.8 cm³/mol. The van der Waals surface area contributed by atoms with E-state index >= 15 is 0 Å². The van der Waals surface area contributed by atoms with Gasteiger partial charge in [-0.25, -0.2) is 8.42 Å². The number of nitrogens with two attached hydrogens (primary N) is 1. The first-order valence-corrected chi connectivity index (χ1v) is 8.20. The van der Waals surface area contributed by atoms with E-state index in [9.17, 15) is 8.42 Å². The number of rotatable bonds is 4. The number of thiophene rings is 1. The highest BCUT2D eigenvalue weighted by atomic mass is 35.5. The summed E-state index contributed by atoms with van der Waals surface area (Å²) >= 11 is 7.49. The third kappa shape index (κ3) is 3.09. The van der Waals surface area contributed by atoms with Crippen molar-refractivity contribution in [1.82, 2.24) is 4.31 Å². The first-order chi connectivity index (χ1) is 8.91. The highest BCUT2D eigenvalue weighted by Crippen LogP contribution is 2.26. The first-order valence-electron chi connectivity index (χ1n) is 5.43. The van der Waals surface area contributed by atoms with E-state index in [2.05, 4.69) is 0 Å². The molecule has 0 amide bonds. The molecule has 0 atom stereocenters. The second-order valence-electron chi connectivity index (χ2n) is 4.08. The van der Waals surface area contributed by atoms with Crippen LogP contribution in [0.25, 0.3) is 0 Å². The van der Waals surface area contributed by atoms with Crippen molar-refractivity contribution in [1.29, 1.82) is 0 Å². The van der Waals surface area contributed by atoms with E-state index in [4.69, 9.17) is 17.3 Å². The van der Waals surface area contributed by atoms with E-state index in [1.807, 2.05) is 16.8 Å². The molecule has 0 fully saturated rings. The van der Waals surface area contributed by atoms with Crippen molar-refractivity contribution in [3.63, 3.8) is 0 Å². The predicted octanol–water partition coefficient (Wildman–Crippen LogP) is 2.80. The van der Waals surface area contributed by atoms with E-state index in [0.29, 0.717) is 12.2 Å². The minimum absolute atomic E-state index is 0.0705. The Kier molecular flexibility index (Phi) is 4.15. The lowest BCUT2D eigenvalue weighted by Crippen LogP contribution is -2.26. The van der Waals surface area contributed by atoms with Crippen LogP contribution in [-0.2, 0) is 16.6 Å². The molecule has 0 aliphatic rings. The van der Waals surface area contributed by atoms with Crippen LogP contribution < -0.4 is 5.73 Å². The molecule has 102 valence electrons. The molecule has 0 saturated heterocycles. The topological polar surface area (TPSA) is 63.4 Å². The van der Waals surface area contributed by atoms with E-state index < -0.39 is 10.0 Å². The number of benzene rings is 1. The van der Waals surface area contributed by atoms with Crippen LogP contribution in [0.3, 0.4) is 0 Å². The Bertz CT molecular complexity index is 669. The van der Waals surface area contributed by atoms with Gasteiger partial charge in [-0.2, -0.15) is 15.6 Å². The summed E-state index contributed by atoms with van der Waals surface area (Å²) in [6.07, 6.45) is 0. The Labute approximate surface area is 121 Å². The Hall–Kier alpha value is -1.08. The van der Waals surface area contributed by atoms with Gasteiger partial charge in [0.15, 0.2) is 0 Å². The van der Waals surface area contributed by atoms with Crippen LogP contribution in [0, 0.1) is 0 Å². The van der Waals surface area contributed by atoms with Crippen LogP contribution in [0.1, 0.15) is 5.56 Å². The average Bonchev–Trinajstić information content (AvgIpc) is 2.81. The zero-order valence-corrected chi connectivity index (χ0v) is 12.6. The number of hydrogen-bond donors (Lipinski definition) is 1. The van der Waals surface area contributed by atoms with E-state index in [1.54, 1.807) is 0 Å². The van der Waals surface area contributed by atoms with Gasteiger partial charge in [-0.15, -0.1) is 0 Å². The van der Waals surface area contributed by atoms with Crippen LogP contribution in [0.15, 0.2) is 39.9 Å². The number of hydrogen-bond acceptors (Lipinski definition) is 4. The minimum Gasteiger partial charge on any atom is -0.399 e. The number of nitrogen functional groups attached to an aromatic ring is 1. The second-order valence-corrected chi connectivity index (χ2v) is 7.28. The summed E-state index contributed by atoms with van der Waals surface area (Å²) in [4.78, 5) is 0.0705. The number of halogens is 1. The Morgan fingerprint density at radius 2 is 2.11 bits per heavy atom. The van der Waals surface area contributed by atoms with Gasteiger partial charge < -0.3 is 5.73 Å². The van der Waals surface area contributed by atoms with Gasteiger partial charge in [0, 0.05) is 19.3 Å². The van der Waals surface area contributed by atoms with Gasteiger partial charge in [0.2, 0.25) is 10.0 Å². The van der Waals surface area contributed by atoms with Gasteiger partial charge in [-0.1, -0.05) is 11.6 Å². The zero-order chi connectivity index (χ0) is 14.0. The van der Waals surface area contributed by atoms with Crippen molar-refractivity contribution in [2.24, 2.45) is 0 Å². The quantitative estimate of drug-likeness (QED) is 0.882.